The van der Waals surface area contributed by atoms with Gasteiger partial charge in [-0.1, -0.05) is 69.2 Å². The van der Waals surface area contributed by atoms with Gasteiger partial charge in [0, 0.05) is 22.6 Å². The van der Waals surface area contributed by atoms with Gasteiger partial charge in [0.05, 0.1) is 6.10 Å². The molecule has 2 nitrogen and oxygen atoms in total. The summed E-state index contributed by atoms with van der Waals surface area (Å²) in [6.45, 7) is 22.9. The Kier molecular flexibility index (Phi) is 6.80. The molecule has 23 heavy (non-hydrogen) atoms. The van der Waals surface area contributed by atoms with Gasteiger partial charge in [0.15, 0.2) is 0 Å². The van der Waals surface area contributed by atoms with Crippen molar-refractivity contribution in [2.45, 2.75) is 81.4 Å². The van der Waals surface area contributed by atoms with Crippen molar-refractivity contribution in [3.63, 3.8) is 0 Å². The van der Waals surface area contributed by atoms with E-state index in [4.69, 9.17) is 4.74 Å². The van der Waals surface area contributed by atoms with Gasteiger partial charge in [0.1, 0.15) is 6.10 Å². The predicted octanol–water partition coefficient (Wildman–Crippen LogP) is 5.97. The van der Waals surface area contributed by atoms with Crippen LogP contribution in [0.3, 0.4) is 0 Å². The monoisotopic (exact) mass is 436 g/mol. The van der Waals surface area contributed by atoms with Crippen molar-refractivity contribution in [2.75, 3.05) is 0 Å². The zero-order chi connectivity index (χ0) is 18.3. The van der Waals surface area contributed by atoms with E-state index >= 15 is 0 Å². The molecule has 0 spiro atoms. The molecule has 136 valence electrons. The second-order valence-electron chi connectivity index (χ2n) is 10.2. The van der Waals surface area contributed by atoms with Gasteiger partial charge in [0.2, 0.25) is 3.79 Å². The zero-order valence-electron chi connectivity index (χ0n) is 16.7. The van der Waals surface area contributed by atoms with Crippen LogP contribution in [0, 0.1) is 40.4 Å². The van der Waals surface area contributed by atoms with E-state index in [0.29, 0.717) is 29.6 Å². The zero-order valence-corrected chi connectivity index (χ0v) is 18.9. The molecule has 1 saturated heterocycles. The summed E-state index contributed by atoms with van der Waals surface area (Å²) < 4.78 is 6.71. The fourth-order valence-corrected chi connectivity index (χ4v) is 5.17. The normalized spacial score (nSPS) is 33.3. The number of hydrogen-bond donors (Lipinski definition) is 0. The van der Waals surface area contributed by atoms with Crippen LogP contribution in [-0.4, -0.2) is 16.0 Å². The summed E-state index contributed by atoms with van der Waals surface area (Å²) in [7, 11) is 0. The highest BCUT2D eigenvalue weighted by molar-refractivity contribution is 14.1. The molecule has 1 aliphatic heterocycles. The molecule has 0 aromatic heterocycles. The van der Waals surface area contributed by atoms with Crippen LogP contribution in [0.4, 0.5) is 0 Å². The Bertz CT molecular complexity index is 414. The molecule has 3 heteroatoms. The van der Waals surface area contributed by atoms with E-state index in [9.17, 15) is 4.79 Å². The fraction of sp³-hybridized carbons (Fsp3) is 0.950. The van der Waals surface area contributed by atoms with E-state index in [1.807, 2.05) is 22.6 Å². The minimum Gasteiger partial charge on any atom is -0.365 e. The molecule has 1 rings (SSSR count). The molecule has 0 saturated carbocycles. The van der Waals surface area contributed by atoms with E-state index in [0.717, 1.165) is 0 Å². The lowest BCUT2D eigenvalue weighted by atomic mass is 9.55. The second-order valence-corrected chi connectivity index (χ2v) is 11.2. The predicted molar refractivity (Wildman–Crippen MR) is 107 cm³/mol. The first-order valence-electron chi connectivity index (χ1n) is 9.04. The van der Waals surface area contributed by atoms with Gasteiger partial charge in [-0.15, -0.1) is 0 Å². The van der Waals surface area contributed by atoms with Gasteiger partial charge in [-0.05, 0) is 40.4 Å². The van der Waals surface area contributed by atoms with E-state index in [1.54, 1.807) is 0 Å². The Balaban J connectivity index is 3.50. The average molecular weight is 436 g/mol. The van der Waals surface area contributed by atoms with Crippen LogP contribution >= 0.6 is 22.6 Å². The lowest BCUT2D eigenvalue weighted by molar-refractivity contribution is -0.214. The Hall–Kier alpha value is 0.360. The van der Waals surface area contributed by atoms with Crippen LogP contribution in [0.2, 0.25) is 0 Å². The summed E-state index contributed by atoms with van der Waals surface area (Å²) in [4.78, 5) is 12.4. The molecule has 5 unspecified atom stereocenters. The van der Waals surface area contributed by atoms with Crippen molar-refractivity contribution < 1.29 is 9.53 Å². The largest absolute Gasteiger partial charge is 0.365 e. The lowest BCUT2D eigenvalue weighted by Crippen LogP contribution is -2.59. The molecule has 1 heterocycles. The molecule has 0 aromatic carbocycles. The smallest absolute Gasteiger partial charge is 0.221 e. The Morgan fingerprint density at radius 1 is 0.870 bits per heavy atom. The number of rotatable bonds is 3. The number of hydrogen-bond acceptors (Lipinski definition) is 2. The van der Waals surface area contributed by atoms with Gasteiger partial charge in [-0.2, -0.15) is 0 Å². The minimum absolute atomic E-state index is 0.0252. The SMILES string of the molecule is CC(C)C1C(C(=O)I)OC(C(C)(C)C)C(C(C)(C)C)C1C(C)C. The van der Waals surface area contributed by atoms with E-state index in [-0.39, 0.29) is 26.8 Å². The second kappa shape index (κ2) is 7.31. The van der Waals surface area contributed by atoms with Crippen molar-refractivity contribution in [3.8, 4) is 0 Å². The van der Waals surface area contributed by atoms with Crippen LogP contribution in [0.5, 0.6) is 0 Å². The maximum absolute atomic E-state index is 12.4. The van der Waals surface area contributed by atoms with Crippen LogP contribution in [-0.2, 0) is 9.53 Å². The molecular formula is C20H37IO2. The van der Waals surface area contributed by atoms with Crippen LogP contribution in [0.15, 0.2) is 0 Å². The summed E-state index contributed by atoms with van der Waals surface area (Å²) in [6, 6.07) is 0. The quantitative estimate of drug-likeness (QED) is 0.403. The topological polar surface area (TPSA) is 26.3 Å². The maximum Gasteiger partial charge on any atom is 0.221 e. The molecule has 0 aromatic rings. The van der Waals surface area contributed by atoms with E-state index in [2.05, 4.69) is 69.2 Å². The van der Waals surface area contributed by atoms with Crippen molar-refractivity contribution in [1.29, 1.82) is 0 Å². The van der Waals surface area contributed by atoms with Gasteiger partial charge in [-0.25, -0.2) is 0 Å². The maximum atomic E-state index is 12.4. The fourth-order valence-electron chi connectivity index (χ4n) is 4.61. The van der Waals surface area contributed by atoms with Crippen LogP contribution in [0.25, 0.3) is 0 Å². The Labute approximate surface area is 157 Å². The first-order valence-corrected chi connectivity index (χ1v) is 10.1. The van der Waals surface area contributed by atoms with Gasteiger partial charge < -0.3 is 4.74 Å². The molecule has 0 aliphatic carbocycles. The highest BCUT2D eigenvalue weighted by atomic mass is 127. The highest BCUT2D eigenvalue weighted by Crippen LogP contribution is 2.54. The molecule has 0 N–H and O–H groups in total. The third-order valence-electron chi connectivity index (χ3n) is 5.44. The Morgan fingerprint density at radius 2 is 1.30 bits per heavy atom. The third kappa shape index (κ3) is 4.71. The summed E-state index contributed by atoms with van der Waals surface area (Å²) in [6.07, 6.45) is -0.167. The van der Waals surface area contributed by atoms with Crippen molar-refractivity contribution in [3.05, 3.63) is 0 Å². The Morgan fingerprint density at radius 3 is 1.57 bits per heavy atom. The van der Waals surface area contributed by atoms with Gasteiger partial charge >= 0.3 is 0 Å². The van der Waals surface area contributed by atoms with Crippen molar-refractivity contribution >= 4 is 26.4 Å². The molecule has 1 fully saturated rings. The first-order chi connectivity index (χ1) is 10.2. The summed E-state index contributed by atoms with van der Waals surface area (Å²) in [5.74, 6) is 2.22. The number of carbonyl (C=O) groups is 1. The number of halogens is 1. The van der Waals surface area contributed by atoms with Crippen molar-refractivity contribution in [1.82, 2.24) is 0 Å². The number of carbonyl (C=O) groups excluding carboxylic acids is 1. The molecule has 1 aliphatic rings. The van der Waals surface area contributed by atoms with E-state index in [1.165, 1.54) is 0 Å². The third-order valence-corrected chi connectivity index (χ3v) is 6.06. The van der Waals surface area contributed by atoms with Crippen LogP contribution in [0.1, 0.15) is 69.2 Å². The number of ether oxygens (including phenoxy) is 1. The van der Waals surface area contributed by atoms with Gasteiger partial charge in [0.25, 0.3) is 0 Å². The summed E-state index contributed by atoms with van der Waals surface area (Å²) >= 11 is 1.95. The summed E-state index contributed by atoms with van der Waals surface area (Å²) in [5.41, 5.74) is 0.177. The highest BCUT2D eigenvalue weighted by Gasteiger charge is 2.55. The van der Waals surface area contributed by atoms with E-state index < -0.39 is 0 Å². The summed E-state index contributed by atoms with van der Waals surface area (Å²) in [5, 5.41) is 0. The molecule has 0 bridgehead atoms. The molecular weight excluding hydrogens is 399 g/mol. The molecule has 0 radical (unpaired) electrons. The van der Waals surface area contributed by atoms with Gasteiger partial charge in [-0.3, -0.25) is 4.79 Å². The first kappa shape index (κ1) is 21.4. The lowest BCUT2D eigenvalue weighted by Gasteiger charge is -2.57. The van der Waals surface area contributed by atoms with Crippen LogP contribution < -0.4 is 0 Å². The minimum atomic E-state index is -0.272. The average Bonchev–Trinajstić information content (AvgIpc) is 2.33. The van der Waals surface area contributed by atoms with Crippen molar-refractivity contribution in [2.24, 2.45) is 40.4 Å². The molecule has 5 atom stereocenters. The standard InChI is InChI=1S/C20H37IO2/c1-11(2)13-14(12(3)4)16(18(21)22)23-17(20(8,9)10)15(13)19(5,6)7/h11-17H,1-10H3. The molecule has 0 amide bonds.